The van der Waals surface area contributed by atoms with Gasteiger partial charge in [0.05, 0.1) is 4.92 Å². The Morgan fingerprint density at radius 1 is 1.41 bits per heavy atom. The van der Waals surface area contributed by atoms with Gasteiger partial charge in [0.2, 0.25) is 5.82 Å². The second-order valence-corrected chi connectivity index (χ2v) is 3.13. The molecular formula is C10H11F2N3O2. The van der Waals surface area contributed by atoms with E-state index in [1.807, 2.05) is 0 Å². The van der Waals surface area contributed by atoms with Crippen LogP contribution < -0.4 is 11.1 Å². The number of halogens is 2. The zero-order valence-corrected chi connectivity index (χ0v) is 8.82. The van der Waals surface area contributed by atoms with E-state index >= 15 is 0 Å². The Bertz CT molecular complexity index is 449. The van der Waals surface area contributed by atoms with Gasteiger partial charge in [-0.1, -0.05) is 12.2 Å². The third-order valence-corrected chi connectivity index (χ3v) is 1.92. The van der Waals surface area contributed by atoms with Gasteiger partial charge in [0.1, 0.15) is 11.5 Å². The largest absolute Gasteiger partial charge is 0.376 e. The van der Waals surface area contributed by atoms with Crippen LogP contribution in [0.4, 0.5) is 20.2 Å². The quantitative estimate of drug-likeness (QED) is 0.469. The molecule has 0 saturated carbocycles. The molecule has 1 aromatic carbocycles. The van der Waals surface area contributed by atoms with Gasteiger partial charge < -0.3 is 11.1 Å². The summed E-state index contributed by atoms with van der Waals surface area (Å²) in [4.78, 5) is 9.71. The number of nitro benzene ring substituents is 1. The molecule has 1 aromatic rings. The van der Waals surface area contributed by atoms with Crippen molar-refractivity contribution in [3.63, 3.8) is 0 Å². The molecule has 0 bridgehead atoms. The number of nitrogens with zero attached hydrogens (tertiary/aromatic N) is 1. The Hall–Kier alpha value is -2.02. The lowest BCUT2D eigenvalue weighted by Crippen LogP contribution is -2.05. The van der Waals surface area contributed by atoms with Crippen LogP contribution in [-0.2, 0) is 0 Å². The standard InChI is InChI=1S/C10H11F2N3O2/c11-7-5-8(12)10(15(16)17)9(6-7)14-4-2-1-3-13/h1-2,5-6,14H,3-4,13H2/b2-1+. The number of hydrogen-bond donors (Lipinski definition) is 2. The molecule has 0 aromatic heterocycles. The number of anilines is 1. The van der Waals surface area contributed by atoms with Crippen molar-refractivity contribution in [1.29, 1.82) is 0 Å². The van der Waals surface area contributed by atoms with Crippen LogP contribution in [0, 0.1) is 21.7 Å². The molecule has 1 rings (SSSR count). The third-order valence-electron chi connectivity index (χ3n) is 1.92. The van der Waals surface area contributed by atoms with E-state index in [2.05, 4.69) is 5.32 Å². The Morgan fingerprint density at radius 2 is 2.12 bits per heavy atom. The zero-order valence-electron chi connectivity index (χ0n) is 8.82. The van der Waals surface area contributed by atoms with Crippen molar-refractivity contribution >= 4 is 11.4 Å². The summed E-state index contributed by atoms with van der Waals surface area (Å²) in [7, 11) is 0. The molecule has 0 atom stereocenters. The van der Waals surface area contributed by atoms with Crippen molar-refractivity contribution in [2.45, 2.75) is 0 Å². The molecule has 0 radical (unpaired) electrons. The summed E-state index contributed by atoms with van der Waals surface area (Å²) in [5.74, 6) is -2.08. The molecule has 0 saturated heterocycles. The summed E-state index contributed by atoms with van der Waals surface area (Å²) < 4.78 is 26.1. The molecule has 7 heteroatoms. The van der Waals surface area contributed by atoms with E-state index < -0.39 is 22.2 Å². The first-order valence-electron chi connectivity index (χ1n) is 4.78. The fourth-order valence-corrected chi connectivity index (χ4v) is 1.23. The van der Waals surface area contributed by atoms with E-state index in [1.165, 1.54) is 0 Å². The maximum absolute atomic E-state index is 13.2. The van der Waals surface area contributed by atoms with Crippen LogP contribution in [0.1, 0.15) is 0 Å². The molecule has 17 heavy (non-hydrogen) atoms. The lowest BCUT2D eigenvalue weighted by molar-refractivity contribution is -0.386. The first kappa shape index (κ1) is 13.0. The highest BCUT2D eigenvalue weighted by atomic mass is 19.1. The minimum absolute atomic E-state index is 0.195. The van der Waals surface area contributed by atoms with Crippen LogP contribution in [0.25, 0.3) is 0 Å². The SMILES string of the molecule is NC/C=C/CNc1cc(F)cc(F)c1[N+](=O)[O-]. The van der Waals surface area contributed by atoms with Crippen molar-refractivity contribution in [2.24, 2.45) is 5.73 Å². The maximum atomic E-state index is 13.2. The summed E-state index contributed by atoms with van der Waals surface area (Å²) in [6, 6.07) is 1.34. The lowest BCUT2D eigenvalue weighted by Gasteiger charge is -2.05. The molecule has 0 aliphatic rings. The molecule has 0 unspecified atom stereocenters. The van der Waals surface area contributed by atoms with Gasteiger partial charge in [-0.15, -0.1) is 0 Å². The fraction of sp³-hybridized carbons (Fsp3) is 0.200. The molecule has 0 aliphatic heterocycles. The molecule has 3 N–H and O–H groups in total. The van der Waals surface area contributed by atoms with E-state index in [1.54, 1.807) is 12.2 Å². The topological polar surface area (TPSA) is 81.2 Å². The van der Waals surface area contributed by atoms with E-state index in [0.29, 0.717) is 12.6 Å². The monoisotopic (exact) mass is 243 g/mol. The highest BCUT2D eigenvalue weighted by Gasteiger charge is 2.21. The summed E-state index contributed by atoms with van der Waals surface area (Å²) in [6.07, 6.45) is 3.22. The highest BCUT2D eigenvalue weighted by molar-refractivity contribution is 5.62. The molecule has 0 amide bonds. The van der Waals surface area contributed by atoms with Crippen LogP contribution in [0.5, 0.6) is 0 Å². The lowest BCUT2D eigenvalue weighted by atomic mass is 10.2. The molecule has 0 fully saturated rings. The number of benzene rings is 1. The van der Waals surface area contributed by atoms with E-state index in [-0.39, 0.29) is 12.2 Å². The zero-order chi connectivity index (χ0) is 12.8. The fourth-order valence-electron chi connectivity index (χ4n) is 1.23. The van der Waals surface area contributed by atoms with Gasteiger partial charge in [-0.2, -0.15) is 4.39 Å². The number of nitro groups is 1. The number of nitrogens with one attached hydrogen (secondary N) is 1. The Kier molecular flexibility index (Phi) is 4.53. The number of nitrogens with two attached hydrogens (primary N) is 1. The Labute approximate surface area is 96.1 Å². The van der Waals surface area contributed by atoms with Crippen LogP contribution in [0.3, 0.4) is 0 Å². The van der Waals surface area contributed by atoms with Crippen molar-refractivity contribution in [3.8, 4) is 0 Å². The van der Waals surface area contributed by atoms with Crippen LogP contribution in [-0.4, -0.2) is 18.0 Å². The maximum Gasteiger partial charge on any atom is 0.327 e. The minimum atomic E-state index is -1.21. The third kappa shape index (κ3) is 3.49. The van der Waals surface area contributed by atoms with Crippen molar-refractivity contribution < 1.29 is 13.7 Å². The number of rotatable bonds is 5. The number of hydrogen-bond acceptors (Lipinski definition) is 4. The van der Waals surface area contributed by atoms with E-state index in [4.69, 9.17) is 5.73 Å². The van der Waals surface area contributed by atoms with E-state index in [0.717, 1.165) is 6.07 Å². The van der Waals surface area contributed by atoms with Crippen molar-refractivity contribution in [3.05, 3.63) is 46.0 Å². The highest BCUT2D eigenvalue weighted by Crippen LogP contribution is 2.28. The van der Waals surface area contributed by atoms with Gasteiger partial charge >= 0.3 is 5.69 Å². The van der Waals surface area contributed by atoms with Crippen LogP contribution in [0.2, 0.25) is 0 Å². The molecule has 92 valence electrons. The van der Waals surface area contributed by atoms with Crippen molar-refractivity contribution in [2.75, 3.05) is 18.4 Å². The molecule has 0 aliphatic carbocycles. The smallest absolute Gasteiger partial charge is 0.327 e. The van der Waals surface area contributed by atoms with Crippen molar-refractivity contribution in [1.82, 2.24) is 0 Å². The minimum Gasteiger partial charge on any atom is -0.376 e. The predicted octanol–water partition coefficient (Wildman–Crippen LogP) is 1.80. The second-order valence-electron chi connectivity index (χ2n) is 3.13. The van der Waals surface area contributed by atoms with Gasteiger partial charge in [-0.25, -0.2) is 4.39 Å². The molecular weight excluding hydrogens is 232 g/mol. The second kappa shape index (κ2) is 5.90. The predicted molar refractivity (Wildman–Crippen MR) is 59.7 cm³/mol. The summed E-state index contributed by atoms with van der Waals surface area (Å²) in [5, 5.41) is 13.2. The first-order valence-corrected chi connectivity index (χ1v) is 4.78. The average molecular weight is 243 g/mol. The summed E-state index contributed by atoms with van der Waals surface area (Å²) in [5.41, 5.74) is 4.22. The van der Waals surface area contributed by atoms with Gasteiger partial charge in [0.25, 0.3) is 0 Å². The molecule has 0 spiro atoms. The van der Waals surface area contributed by atoms with Gasteiger partial charge in [0, 0.05) is 25.2 Å². The first-order chi connectivity index (χ1) is 8.06. The molecule has 0 heterocycles. The van der Waals surface area contributed by atoms with Crippen LogP contribution >= 0.6 is 0 Å². The van der Waals surface area contributed by atoms with Crippen LogP contribution in [0.15, 0.2) is 24.3 Å². The van der Waals surface area contributed by atoms with Gasteiger partial charge in [-0.3, -0.25) is 10.1 Å². The average Bonchev–Trinajstić information content (AvgIpc) is 2.22. The van der Waals surface area contributed by atoms with Gasteiger partial charge in [-0.05, 0) is 0 Å². The van der Waals surface area contributed by atoms with Gasteiger partial charge in [0.15, 0.2) is 0 Å². The summed E-state index contributed by atoms with van der Waals surface area (Å²) >= 11 is 0. The Morgan fingerprint density at radius 3 is 2.71 bits per heavy atom. The Balaban J connectivity index is 2.96. The molecule has 5 nitrogen and oxygen atoms in total. The van der Waals surface area contributed by atoms with E-state index in [9.17, 15) is 18.9 Å². The normalized spacial score (nSPS) is 10.8. The summed E-state index contributed by atoms with van der Waals surface area (Å²) in [6.45, 7) is 0.516.